The lowest BCUT2D eigenvalue weighted by Gasteiger charge is -2.37. The summed E-state index contributed by atoms with van der Waals surface area (Å²) in [4.78, 5) is 20.1. The van der Waals surface area contributed by atoms with Crippen molar-refractivity contribution in [1.82, 2.24) is 0 Å². The summed E-state index contributed by atoms with van der Waals surface area (Å²) in [6.45, 7) is -0.526. The fraction of sp³-hybridized carbons (Fsp3) is 0.818. The quantitative estimate of drug-likeness (QED) is 0.242. The molecule has 1 saturated heterocycles. The Balaban J connectivity index is 0.000000409. The molecule has 1 unspecified atom stereocenters. The first-order chi connectivity index (χ1) is 10.1. The van der Waals surface area contributed by atoms with Crippen LogP contribution in [0.3, 0.4) is 0 Å². The predicted octanol–water partition coefficient (Wildman–Crippen LogP) is -4.56. The Bertz CT molecular complexity index is 363. The summed E-state index contributed by atoms with van der Waals surface area (Å²) in [7, 11) is 0. The first-order valence-corrected chi connectivity index (χ1v) is 6.37. The molecule has 0 saturated carbocycles. The third kappa shape index (κ3) is 6.62. The van der Waals surface area contributed by atoms with Crippen LogP contribution in [0.25, 0.3) is 0 Å². The topological polar surface area (TPSA) is 217 Å². The minimum absolute atomic E-state index is 0.0213. The third-order valence-corrected chi connectivity index (χ3v) is 2.89. The van der Waals surface area contributed by atoms with Gasteiger partial charge in [-0.2, -0.15) is 0 Å². The van der Waals surface area contributed by atoms with Crippen molar-refractivity contribution in [3.05, 3.63) is 0 Å². The molecule has 0 aromatic carbocycles. The molecule has 0 aliphatic carbocycles. The highest BCUT2D eigenvalue weighted by molar-refractivity contribution is 5.76. The molecule has 0 spiro atoms. The molecule has 11 heteroatoms. The molecule has 0 aromatic heterocycles. The Morgan fingerprint density at radius 1 is 1.09 bits per heavy atom. The van der Waals surface area contributed by atoms with E-state index in [0.717, 1.165) is 0 Å². The predicted molar refractivity (Wildman–Crippen MR) is 70.0 cm³/mol. The summed E-state index contributed by atoms with van der Waals surface area (Å²) in [6.07, 6.45) is -6.92. The Hall–Kier alpha value is -1.34. The van der Waals surface area contributed by atoms with Crippen LogP contribution in [-0.2, 0) is 14.3 Å². The lowest BCUT2D eigenvalue weighted by molar-refractivity contribution is -0.286. The summed E-state index contributed by atoms with van der Waals surface area (Å²) in [5, 5.41) is 52.9. The second kappa shape index (κ2) is 9.63. The molecule has 0 radical (unpaired) electrons. The highest BCUT2D eigenvalue weighted by Gasteiger charge is 2.42. The molecular weight excluding hydrogens is 304 g/mol. The number of carboxylic acids is 1. The van der Waals surface area contributed by atoms with E-state index in [1.807, 2.05) is 0 Å². The number of rotatable bonds is 5. The molecule has 1 aliphatic heterocycles. The van der Waals surface area contributed by atoms with Gasteiger partial charge in [0, 0.05) is 6.42 Å². The number of aliphatic carboxylic acids is 1. The molecule has 1 fully saturated rings. The van der Waals surface area contributed by atoms with Gasteiger partial charge < -0.3 is 46.8 Å². The van der Waals surface area contributed by atoms with Crippen LogP contribution < -0.4 is 11.5 Å². The largest absolute Gasteiger partial charge is 0.480 e. The van der Waals surface area contributed by atoms with E-state index in [-0.39, 0.29) is 12.8 Å². The Morgan fingerprint density at radius 2 is 1.64 bits per heavy atom. The van der Waals surface area contributed by atoms with Crippen LogP contribution in [0.4, 0.5) is 0 Å². The minimum Gasteiger partial charge on any atom is -0.480 e. The Labute approximate surface area is 125 Å². The molecule has 0 aromatic rings. The van der Waals surface area contributed by atoms with E-state index in [1.165, 1.54) is 0 Å². The average molecular weight is 326 g/mol. The van der Waals surface area contributed by atoms with Crippen LogP contribution in [0, 0.1) is 0 Å². The van der Waals surface area contributed by atoms with Gasteiger partial charge in [0.05, 0.1) is 6.61 Å². The maximum absolute atomic E-state index is 10.1. The molecule has 1 rings (SSSR count). The molecule has 0 bridgehead atoms. The van der Waals surface area contributed by atoms with Gasteiger partial charge in [-0.3, -0.25) is 9.59 Å². The molecule has 11 nitrogen and oxygen atoms in total. The van der Waals surface area contributed by atoms with Crippen LogP contribution in [0.1, 0.15) is 12.8 Å². The van der Waals surface area contributed by atoms with E-state index in [1.54, 1.807) is 0 Å². The lowest BCUT2D eigenvalue weighted by atomic mass is 10.00. The smallest absolute Gasteiger partial charge is 0.320 e. The standard InChI is InChI=1S/C6H12O6.C5H10N2O3/c7-1-2-3(8)4(9)5(10)6(11)12-2;6-3(5(9)10)1-2-4(7)8/h2-11H,1H2;3H,1-2,6H2,(H2,7,8)(H,9,10)/t2-,3-,4+,5-,6+;/m1./s1. The molecule has 22 heavy (non-hydrogen) atoms. The summed E-state index contributed by atoms with van der Waals surface area (Å²) in [6, 6.07) is -0.979. The normalized spacial score (nSPS) is 32.5. The SMILES string of the molecule is NC(=O)CCC(N)C(=O)O.OC[C@H]1O[C@H](O)[C@H](O)[C@@H](O)[C@@H]1O. The number of aliphatic hydroxyl groups is 5. The minimum atomic E-state index is -1.57. The number of ether oxygens (including phenoxy) is 1. The number of hydrogen-bond donors (Lipinski definition) is 8. The number of nitrogens with two attached hydrogens (primary N) is 2. The van der Waals surface area contributed by atoms with Gasteiger partial charge in [-0.1, -0.05) is 0 Å². The maximum Gasteiger partial charge on any atom is 0.320 e. The van der Waals surface area contributed by atoms with Crippen molar-refractivity contribution in [2.45, 2.75) is 49.6 Å². The van der Waals surface area contributed by atoms with E-state index < -0.39 is 55.2 Å². The Kier molecular flexibility index (Phi) is 9.04. The number of aliphatic hydroxyl groups excluding tert-OH is 5. The van der Waals surface area contributed by atoms with Crippen LogP contribution in [0.15, 0.2) is 0 Å². The van der Waals surface area contributed by atoms with Gasteiger partial charge in [0.15, 0.2) is 6.29 Å². The summed E-state index contributed by atoms with van der Waals surface area (Å²) in [5.41, 5.74) is 9.81. The van der Waals surface area contributed by atoms with Gasteiger partial charge in [0.25, 0.3) is 0 Å². The van der Waals surface area contributed by atoms with Crippen LogP contribution in [0.2, 0.25) is 0 Å². The van der Waals surface area contributed by atoms with Gasteiger partial charge in [-0.05, 0) is 6.42 Å². The highest BCUT2D eigenvalue weighted by atomic mass is 16.6. The third-order valence-electron chi connectivity index (χ3n) is 2.89. The van der Waals surface area contributed by atoms with Crippen molar-refractivity contribution in [2.24, 2.45) is 11.5 Å². The van der Waals surface area contributed by atoms with Gasteiger partial charge >= 0.3 is 5.97 Å². The van der Waals surface area contributed by atoms with Crippen LogP contribution in [-0.4, -0.2) is 85.9 Å². The molecule has 10 N–H and O–H groups in total. The number of hydrogen-bond acceptors (Lipinski definition) is 9. The van der Waals surface area contributed by atoms with E-state index in [0.29, 0.717) is 0 Å². The molecule has 1 aliphatic rings. The second-order valence-corrected chi connectivity index (χ2v) is 4.67. The number of carbonyl (C=O) groups is 2. The van der Waals surface area contributed by atoms with Gasteiger partial charge in [0.2, 0.25) is 5.91 Å². The fourth-order valence-corrected chi connectivity index (χ4v) is 1.50. The highest BCUT2D eigenvalue weighted by Crippen LogP contribution is 2.18. The van der Waals surface area contributed by atoms with E-state index in [2.05, 4.69) is 4.74 Å². The van der Waals surface area contributed by atoms with Crippen molar-refractivity contribution in [3.8, 4) is 0 Å². The zero-order valence-corrected chi connectivity index (χ0v) is 11.6. The summed E-state index contributed by atoms with van der Waals surface area (Å²) >= 11 is 0. The van der Waals surface area contributed by atoms with E-state index in [9.17, 15) is 9.59 Å². The monoisotopic (exact) mass is 326 g/mol. The van der Waals surface area contributed by atoms with Crippen LogP contribution in [0.5, 0.6) is 0 Å². The molecule has 1 amide bonds. The molecule has 130 valence electrons. The maximum atomic E-state index is 10.1. The van der Waals surface area contributed by atoms with Crippen molar-refractivity contribution in [2.75, 3.05) is 6.61 Å². The first kappa shape index (κ1) is 20.7. The zero-order chi connectivity index (χ0) is 17.4. The van der Waals surface area contributed by atoms with Gasteiger partial charge in [-0.25, -0.2) is 0 Å². The molecular formula is C11H22N2O9. The number of primary amides is 1. The lowest BCUT2D eigenvalue weighted by Crippen LogP contribution is -2.58. The van der Waals surface area contributed by atoms with Crippen molar-refractivity contribution in [1.29, 1.82) is 0 Å². The second-order valence-electron chi connectivity index (χ2n) is 4.67. The zero-order valence-electron chi connectivity index (χ0n) is 11.6. The molecule has 6 atom stereocenters. The first-order valence-electron chi connectivity index (χ1n) is 6.37. The number of carboxylic acid groups (broad SMARTS) is 1. The fourth-order valence-electron chi connectivity index (χ4n) is 1.50. The van der Waals surface area contributed by atoms with Crippen molar-refractivity contribution in [3.63, 3.8) is 0 Å². The van der Waals surface area contributed by atoms with Crippen molar-refractivity contribution < 1.29 is 45.0 Å². The summed E-state index contributed by atoms with van der Waals surface area (Å²) in [5.74, 6) is -1.64. The van der Waals surface area contributed by atoms with E-state index >= 15 is 0 Å². The number of amides is 1. The average Bonchev–Trinajstić information content (AvgIpc) is 2.46. The van der Waals surface area contributed by atoms with Gasteiger partial charge in [-0.15, -0.1) is 0 Å². The van der Waals surface area contributed by atoms with Gasteiger partial charge in [0.1, 0.15) is 30.5 Å². The number of carbonyl (C=O) groups excluding carboxylic acids is 1. The Morgan fingerprint density at radius 3 is 2.05 bits per heavy atom. The van der Waals surface area contributed by atoms with E-state index in [4.69, 9.17) is 42.1 Å². The van der Waals surface area contributed by atoms with Crippen molar-refractivity contribution >= 4 is 11.9 Å². The molecule has 1 heterocycles. The summed E-state index contributed by atoms with van der Waals surface area (Å²) < 4.78 is 4.58. The van der Waals surface area contributed by atoms with Crippen LogP contribution >= 0.6 is 0 Å².